The lowest BCUT2D eigenvalue weighted by molar-refractivity contribution is -0.193. The number of alkyl halides is 6. The van der Waals surface area contributed by atoms with Crippen LogP contribution in [0, 0.1) is 0 Å². The Hall–Kier alpha value is -1.90. The van der Waals surface area contributed by atoms with Gasteiger partial charge in [0, 0.05) is 38.3 Å². The number of hydrogen-bond donors (Lipinski definition) is 2. The molecule has 0 aliphatic carbocycles. The summed E-state index contributed by atoms with van der Waals surface area (Å²) in [6.07, 6.45) is -4.89. The number of carboxylic acids is 2. The highest BCUT2D eigenvalue weighted by Gasteiger charge is 2.45. The van der Waals surface area contributed by atoms with Crippen LogP contribution in [0.3, 0.4) is 0 Å². The van der Waals surface area contributed by atoms with E-state index in [1.807, 2.05) is 7.11 Å². The molecule has 196 valence electrons. The van der Waals surface area contributed by atoms with Crippen LogP contribution >= 0.6 is 11.3 Å². The molecule has 0 saturated carbocycles. The summed E-state index contributed by atoms with van der Waals surface area (Å²) < 4.78 is 68.8. The van der Waals surface area contributed by atoms with Crippen molar-refractivity contribution in [2.75, 3.05) is 33.9 Å². The molecule has 0 bridgehead atoms. The van der Waals surface area contributed by atoms with Crippen molar-refractivity contribution >= 4 is 23.3 Å². The highest BCUT2D eigenvalue weighted by Crippen LogP contribution is 2.40. The Balaban J connectivity index is 0.000000343. The van der Waals surface area contributed by atoms with Crippen LogP contribution in [0.5, 0.6) is 0 Å². The second-order valence-corrected chi connectivity index (χ2v) is 8.78. The summed E-state index contributed by atoms with van der Waals surface area (Å²) >= 11 is 1.80. The van der Waals surface area contributed by atoms with Crippen LogP contribution in [0.25, 0.3) is 0 Å². The average Bonchev–Trinajstić information content (AvgIpc) is 3.34. The summed E-state index contributed by atoms with van der Waals surface area (Å²) in [6, 6.07) is 2.88. The van der Waals surface area contributed by atoms with Crippen molar-refractivity contribution in [3.05, 3.63) is 22.4 Å². The Kier molecular flexibility index (Phi) is 11.3. The number of likely N-dealkylation sites (tertiary alicyclic amines) is 2. The van der Waals surface area contributed by atoms with Gasteiger partial charge in [0.15, 0.2) is 0 Å². The fraction of sp³-hybridized carbons (Fsp3) is 0.700. The number of methoxy groups -OCH3 is 1. The van der Waals surface area contributed by atoms with Crippen molar-refractivity contribution in [1.82, 2.24) is 9.80 Å². The number of rotatable bonds is 4. The molecule has 2 fully saturated rings. The summed E-state index contributed by atoms with van der Waals surface area (Å²) in [4.78, 5) is 23.0. The molecular weight excluding hydrogens is 494 g/mol. The molecule has 0 aromatic carbocycles. The lowest BCUT2D eigenvalue weighted by Crippen LogP contribution is -2.52. The molecule has 1 aromatic heterocycles. The third-order valence-electron chi connectivity index (χ3n) is 5.86. The van der Waals surface area contributed by atoms with E-state index >= 15 is 0 Å². The summed E-state index contributed by atoms with van der Waals surface area (Å²) in [7, 11) is 4.13. The monoisotopic (exact) mass is 522 g/mol. The highest BCUT2D eigenvalue weighted by atomic mass is 32.1. The van der Waals surface area contributed by atoms with Gasteiger partial charge in [-0.2, -0.15) is 37.7 Å². The fourth-order valence-corrected chi connectivity index (χ4v) is 4.61. The maximum atomic E-state index is 10.6. The maximum Gasteiger partial charge on any atom is 0.490 e. The smallest absolute Gasteiger partial charge is 0.475 e. The molecule has 14 heteroatoms. The summed E-state index contributed by atoms with van der Waals surface area (Å²) in [5, 5.41) is 18.7. The van der Waals surface area contributed by atoms with Gasteiger partial charge >= 0.3 is 24.3 Å². The van der Waals surface area contributed by atoms with Gasteiger partial charge < -0.3 is 14.9 Å². The Morgan fingerprint density at radius 2 is 1.59 bits per heavy atom. The van der Waals surface area contributed by atoms with Gasteiger partial charge in [-0.15, -0.1) is 0 Å². The van der Waals surface area contributed by atoms with Crippen molar-refractivity contribution in [1.29, 1.82) is 0 Å². The first-order valence-corrected chi connectivity index (χ1v) is 11.1. The number of ether oxygens (including phenoxy) is 1. The summed E-state index contributed by atoms with van der Waals surface area (Å²) in [5.41, 5.74) is 1.93. The molecule has 2 aliphatic heterocycles. The van der Waals surface area contributed by atoms with Crippen LogP contribution in [-0.2, 0) is 20.9 Å². The first-order valence-electron chi connectivity index (χ1n) is 10.2. The minimum atomic E-state index is -5.08. The normalized spacial score (nSPS) is 20.8. The van der Waals surface area contributed by atoms with Crippen molar-refractivity contribution in [3.63, 3.8) is 0 Å². The number of halogens is 6. The number of likely N-dealkylation sites (N-methyl/N-ethyl adjacent to an activating group) is 1. The first kappa shape index (κ1) is 30.1. The highest BCUT2D eigenvalue weighted by molar-refractivity contribution is 7.07. The second kappa shape index (κ2) is 12.7. The van der Waals surface area contributed by atoms with Gasteiger partial charge in [-0.05, 0) is 55.1 Å². The SMILES string of the molecule is COCC1CCC2(CCN(Cc3ccsc3)CC2)N1C.O=C(O)C(F)(F)F.O=C(O)C(F)(F)F. The van der Waals surface area contributed by atoms with E-state index in [-0.39, 0.29) is 0 Å². The summed E-state index contributed by atoms with van der Waals surface area (Å²) in [6.45, 7) is 4.49. The van der Waals surface area contributed by atoms with Crippen molar-refractivity contribution < 1.29 is 50.9 Å². The fourth-order valence-electron chi connectivity index (χ4n) is 3.95. The summed E-state index contributed by atoms with van der Waals surface area (Å²) in [5.74, 6) is -5.51. The van der Waals surface area contributed by atoms with E-state index in [1.165, 1.54) is 44.3 Å². The zero-order chi connectivity index (χ0) is 26.2. The minimum Gasteiger partial charge on any atom is -0.475 e. The Bertz CT molecular complexity index is 740. The van der Waals surface area contributed by atoms with E-state index in [0.29, 0.717) is 11.6 Å². The van der Waals surface area contributed by atoms with E-state index in [1.54, 1.807) is 11.3 Å². The molecule has 1 atom stereocenters. The largest absolute Gasteiger partial charge is 0.490 e. The topological polar surface area (TPSA) is 90.3 Å². The number of carbonyl (C=O) groups is 2. The van der Waals surface area contributed by atoms with Gasteiger partial charge in [0.05, 0.1) is 6.61 Å². The molecule has 2 saturated heterocycles. The van der Waals surface area contributed by atoms with Crippen LogP contribution in [0.2, 0.25) is 0 Å². The zero-order valence-electron chi connectivity index (χ0n) is 18.7. The van der Waals surface area contributed by atoms with Gasteiger partial charge in [0.2, 0.25) is 0 Å². The van der Waals surface area contributed by atoms with E-state index < -0.39 is 24.3 Å². The van der Waals surface area contributed by atoms with Crippen molar-refractivity contribution in [2.24, 2.45) is 0 Å². The standard InChI is InChI=1S/C16H26N2OS.2C2HF3O2/c1-17-15(12-19-2)3-5-16(17)6-8-18(9-7-16)11-14-4-10-20-13-14;2*3-2(4,5)1(6)7/h4,10,13,15H,3,5-9,11-12H2,1-2H3;2*(H,6,7). The zero-order valence-corrected chi connectivity index (χ0v) is 19.5. The lowest BCUT2D eigenvalue weighted by Gasteiger charge is -2.45. The molecule has 2 aliphatic rings. The molecule has 1 unspecified atom stereocenters. The number of hydrogen-bond acceptors (Lipinski definition) is 6. The molecule has 7 nitrogen and oxygen atoms in total. The molecule has 1 spiro atoms. The molecule has 1 aromatic rings. The van der Waals surface area contributed by atoms with Crippen molar-refractivity contribution in [2.45, 2.75) is 56.2 Å². The minimum absolute atomic E-state index is 0.453. The van der Waals surface area contributed by atoms with Crippen LogP contribution in [0.4, 0.5) is 26.3 Å². The molecular formula is C20H28F6N2O5S. The molecule has 0 amide bonds. The number of piperidine rings is 1. The van der Waals surface area contributed by atoms with Gasteiger partial charge in [-0.25, -0.2) is 9.59 Å². The average molecular weight is 523 g/mol. The van der Waals surface area contributed by atoms with Crippen LogP contribution < -0.4 is 0 Å². The predicted octanol–water partition coefficient (Wildman–Crippen LogP) is 4.09. The van der Waals surface area contributed by atoms with Crippen LogP contribution in [-0.4, -0.2) is 89.7 Å². The predicted molar refractivity (Wildman–Crippen MR) is 112 cm³/mol. The van der Waals surface area contributed by atoms with E-state index in [9.17, 15) is 26.3 Å². The molecule has 3 rings (SSSR count). The van der Waals surface area contributed by atoms with Gasteiger partial charge in [-0.3, -0.25) is 9.80 Å². The Labute approximate surface area is 196 Å². The van der Waals surface area contributed by atoms with E-state index in [0.717, 1.165) is 13.2 Å². The van der Waals surface area contributed by atoms with Gasteiger partial charge in [0.25, 0.3) is 0 Å². The second-order valence-electron chi connectivity index (χ2n) is 8.00. The van der Waals surface area contributed by atoms with E-state index in [2.05, 4.69) is 33.7 Å². The molecule has 3 heterocycles. The van der Waals surface area contributed by atoms with Crippen LogP contribution in [0.15, 0.2) is 16.8 Å². The number of nitrogens with zero attached hydrogens (tertiary/aromatic N) is 2. The molecule has 2 N–H and O–H groups in total. The number of aliphatic carboxylic acids is 2. The van der Waals surface area contributed by atoms with Gasteiger partial charge in [0.1, 0.15) is 0 Å². The van der Waals surface area contributed by atoms with E-state index in [4.69, 9.17) is 24.5 Å². The third kappa shape index (κ3) is 9.39. The lowest BCUT2D eigenvalue weighted by atomic mass is 9.85. The number of thiophene rings is 1. The number of carboxylic acid groups (broad SMARTS) is 2. The first-order chi connectivity index (χ1) is 15.6. The third-order valence-corrected chi connectivity index (χ3v) is 6.59. The van der Waals surface area contributed by atoms with Crippen LogP contribution in [0.1, 0.15) is 31.2 Å². The molecule has 0 radical (unpaired) electrons. The Morgan fingerprint density at radius 1 is 1.09 bits per heavy atom. The Morgan fingerprint density at radius 3 is 1.97 bits per heavy atom. The van der Waals surface area contributed by atoms with Gasteiger partial charge in [-0.1, -0.05) is 0 Å². The molecule has 34 heavy (non-hydrogen) atoms. The quantitative estimate of drug-likeness (QED) is 0.576. The van der Waals surface area contributed by atoms with Crippen molar-refractivity contribution in [3.8, 4) is 0 Å². The maximum absolute atomic E-state index is 10.6.